The normalized spacial score (nSPS) is 21.0. The fourth-order valence-corrected chi connectivity index (χ4v) is 4.12. The molecule has 0 aromatic heterocycles. The smallest absolute Gasteiger partial charge is 0.414 e. The number of ether oxygens (including phenoxy) is 2. The second kappa shape index (κ2) is 7.51. The van der Waals surface area contributed by atoms with Gasteiger partial charge in [-0.1, -0.05) is 24.3 Å². The number of amides is 4. The first-order chi connectivity index (χ1) is 15.0. The summed E-state index contributed by atoms with van der Waals surface area (Å²) >= 11 is 0. The van der Waals surface area contributed by atoms with Crippen molar-refractivity contribution in [3.05, 3.63) is 59.7 Å². The number of carbonyl (C=O) groups is 4. The van der Waals surface area contributed by atoms with Crippen molar-refractivity contribution < 1.29 is 28.7 Å². The zero-order valence-corrected chi connectivity index (χ0v) is 16.5. The number of hydrogen-bond donors (Lipinski definition) is 0. The Balaban J connectivity index is 1.36. The maximum atomic E-state index is 12.6. The number of hydrogen-bond acceptors (Lipinski definition) is 6. The molecule has 2 aromatic rings. The zero-order chi connectivity index (χ0) is 21.5. The molecule has 3 aliphatic heterocycles. The van der Waals surface area contributed by atoms with Gasteiger partial charge in [0.1, 0.15) is 12.7 Å². The summed E-state index contributed by atoms with van der Waals surface area (Å²) in [5.41, 5.74) is 1.83. The fraction of sp³-hybridized carbons (Fsp3) is 0.273. The molecular formula is C22H19N3O6. The highest BCUT2D eigenvalue weighted by Crippen LogP contribution is 2.33. The monoisotopic (exact) mass is 421 g/mol. The first-order valence-corrected chi connectivity index (χ1v) is 9.95. The summed E-state index contributed by atoms with van der Waals surface area (Å²) in [6, 6.07) is 13.7. The largest absolute Gasteiger partial charge is 0.442 e. The Kier molecular flexibility index (Phi) is 4.67. The molecule has 158 valence electrons. The van der Waals surface area contributed by atoms with Crippen LogP contribution >= 0.6 is 0 Å². The first kappa shape index (κ1) is 19.3. The van der Waals surface area contributed by atoms with Crippen molar-refractivity contribution in [2.75, 3.05) is 42.6 Å². The van der Waals surface area contributed by atoms with E-state index in [-0.39, 0.29) is 25.6 Å². The quantitative estimate of drug-likeness (QED) is 0.697. The Morgan fingerprint density at radius 3 is 2.10 bits per heavy atom. The highest BCUT2D eigenvalue weighted by Gasteiger charge is 2.41. The number of para-hydroxylation sites is 2. The number of anilines is 2. The van der Waals surface area contributed by atoms with Gasteiger partial charge in [0.15, 0.2) is 0 Å². The van der Waals surface area contributed by atoms with Crippen LogP contribution in [0.15, 0.2) is 48.5 Å². The molecular weight excluding hydrogens is 402 g/mol. The Morgan fingerprint density at radius 2 is 1.45 bits per heavy atom. The topological polar surface area (TPSA) is 96.5 Å². The van der Waals surface area contributed by atoms with Crippen molar-refractivity contribution in [3.63, 3.8) is 0 Å². The number of carbonyl (C=O) groups excluding carboxylic acids is 4. The minimum absolute atomic E-state index is 0.0127. The van der Waals surface area contributed by atoms with Crippen molar-refractivity contribution in [2.45, 2.75) is 6.10 Å². The van der Waals surface area contributed by atoms with Gasteiger partial charge in [0.05, 0.1) is 42.2 Å². The van der Waals surface area contributed by atoms with Crippen molar-refractivity contribution in [1.82, 2.24) is 4.90 Å². The van der Waals surface area contributed by atoms with E-state index in [4.69, 9.17) is 9.47 Å². The summed E-state index contributed by atoms with van der Waals surface area (Å²) in [6.45, 7) is 0.903. The highest BCUT2D eigenvalue weighted by atomic mass is 16.6. The maximum Gasteiger partial charge on any atom is 0.414 e. The molecule has 31 heavy (non-hydrogen) atoms. The molecule has 9 nitrogen and oxygen atoms in total. The van der Waals surface area contributed by atoms with Crippen LogP contribution in [0.1, 0.15) is 20.7 Å². The third-order valence-corrected chi connectivity index (χ3v) is 5.59. The lowest BCUT2D eigenvalue weighted by atomic mass is 10.1. The summed E-state index contributed by atoms with van der Waals surface area (Å²) in [5, 5.41) is 0. The third-order valence-electron chi connectivity index (χ3n) is 5.59. The molecule has 5 rings (SSSR count). The van der Waals surface area contributed by atoms with E-state index < -0.39 is 24.0 Å². The van der Waals surface area contributed by atoms with E-state index in [1.165, 1.54) is 4.90 Å². The molecule has 0 bridgehead atoms. The summed E-state index contributed by atoms with van der Waals surface area (Å²) < 4.78 is 10.7. The first-order valence-electron chi connectivity index (χ1n) is 9.95. The zero-order valence-electron chi connectivity index (χ0n) is 16.5. The van der Waals surface area contributed by atoms with Crippen LogP contribution in [0.3, 0.4) is 0 Å². The number of nitrogens with zero attached hydrogens (tertiary/aromatic N) is 3. The lowest BCUT2D eigenvalue weighted by Gasteiger charge is -2.30. The Hall–Kier alpha value is -3.72. The van der Waals surface area contributed by atoms with E-state index in [1.54, 1.807) is 53.4 Å². The molecule has 2 saturated heterocycles. The molecule has 9 heteroatoms. The molecule has 1 atom stereocenters. The van der Waals surface area contributed by atoms with Gasteiger partial charge in [-0.3, -0.25) is 24.2 Å². The van der Waals surface area contributed by atoms with Gasteiger partial charge >= 0.3 is 6.09 Å². The maximum absolute atomic E-state index is 12.6. The average molecular weight is 421 g/mol. The van der Waals surface area contributed by atoms with Gasteiger partial charge in [0, 0.05) is 6.54 Å². The summed E-state index contributed by atoms with van der Waals surface area (Å²) in [4.78, 5) is 54.3. The van der Waals surface area contributed by atoms with Crippen LogP contribution in [0.5, 0.6) is 0 Å². The van der Waals surface area contributed by atoms with E-state index in [0.29, 0.717) is 35.7 Å². The summed E-state index contributed by atoms with van der Waals surface area (Å²) in [5.74, 6) is -0.974. The molecule has 0 saturated carbocycles. The minimum Gasteiger partial charge on any atom is -0.442 e. The van der Waals surface area contributed by atoms with Crippen molar-refractivity contribution in [2.24, 2.45) is 0 Å². The summed E-state index contributed by atoms with van der Waals surface area (Å²) in [6.07, 6.45) is -1.27. The Bertz CT molecular complexity index is 1070. The third kappa shape index (κ3) is 3.23. The molecule has 0 N–H and O–H groups in total. The van der Waals surface area contributed by atoms with Crippen LogP contribution < -0.4 is 9.80 Å². The van der Waals surface area contributed by atoms with Crippen molar-refractivity contribution >= 4 is 35.2 Å². The van der Waals surface area contributed by atoms with Crippen LogP contribution in [0.25, 0.3) is 0 Å². The van der Waals surface area contributed by atoms with Gasteiger partial charge < -0.3 is 14.4 Å². The summed E-state index contributed by atoms with van der Waals surface area (Å²) in [7, 11) is 0. The van der Waals surface area contributed by atoms with Gasteiger partial charge in [0.25, 0.3) is 17.7 Å². The van der Waals surface area contributed by atoms with Crippen LogP contribution in [0.2, 0.25) is 0 Å². The van der Waals surface area contributed by atoms with E-state index in [2.05, 4.69) is 0 Å². The molecule has 3 aliphatic rings. The second-order valence-corrected chi connectivity index (χ2v) is 7.47. The molecule has 0 aliphatic carbocycles. The Morgan fingerprint density at radius 1 is 0.839 bits per heavy atom. The average Bonchev–Trinajstić information content (AvgIpc) is 3.27. The Labute approximate surface area is 177 Å². The van der Waals surface area contributed by atoms with Gasteiger partial charge in [-0.2, -0.15) is 0 Å². The fourth-order valence-electron chi connectivity index (χ4n) is 4.12. The van der Waals surface area contributed by atoms with Crippen molar-refractivity contribution in [3.8, 4) is 0 Å². The van der Waals surface area contributed by atoms with Crippen LogP contribution in [-0.4, -0.2) is 67.7 Å². The predicted molar refractivity (Wildman–Crippen MR) is 109 cm³/mol. The number of benzene rings is 2. The van der Waals surface area contributed by atoms with Crippen LogP contribution in [0.4, 0.5) is 16.2 Å². The van der Waals surface area contributed by atoms with Gasteiger partial charge in [-0.05, 0) is 24.3 Å². The van der Waals surface area contributed by atoms with E-state index in [0.717, 1.165) is 4.90 Å². The highest BCUT2D eigenvalue weighted by molar-refractivity contribution is 6.21. The van der Waals surface area contributed by atoms with Gasteiger partial charge in [-0.15, -0.1) is 0 Å². The number of fused-ring (bicyclic) bond motifs is 1. The number of morpholine rings is 1. The van der Waals surface area contributed by atoms with Crippen molar-refractivity contribution in [1.29, 1.82) is 0 Å². The van der Waals surface area contributed by atoms with Crippen LogP contribution in [0, 0.1) is 0 Å². The van der Waals surface area contributed by atoms with Gasteiger partial charge in [0.2, 0.25) is 0 Å². The predicted octanol–water partition coefficient (Wildman–Crippen LogP) is 1.67. The molecule has 0 radical (unpaired) electrons. The van der Waals surface area contributed by atoms with Gasteiger partial charge in [-0.25, -0.2) is 4.79 Å². The number of rotatable bonds is 4. The SMILES string of the molecule is O=C1c2ccccc2C(=O)N1C[C@H]1CN(c2ccccc2N2CCOCC2=O)C(=O)O1. The molecule has 2 aromatic carbocycles. The molecule has 0 unspecified atom stereocenters. The molecule has 2 fully saturated rings. The lowest BCUT2D eigenvalue weighted by Crippen LogP contribution is -2.42. The second-order valence-electron chi connectivity index (χ2n) is 7.47. The molecule has 0 spiro atoms. The van der Waals surface area contributed by atoms with E-state index in [1.807, 2.05) is 0 Å². The molecule has 3 heterocycles. The number of cyclic esters (lactones) is 1. The standard InChI is InChI=1S/C22H19N3O6/c26-19-13-30-10-9-23(19)17-7-3-4-8-18(17)24-11-14(31-22(24)29)12-25-20(27)15-5-1-2-6-16(15)21(25)28/h1-8,14H,9-13H2/t14-/m1/s1. The molecule has 4 amide bonds. The van der Waals surface area contributed by atoms with Crippen LogP contribution in [-0.2, 0) is 14.3 Å². The number of imide groups is 1. The minimum atomic E-state index is -0.678. The lowest BCUT2D eigenvalue weighted by molar-refractivity contribution is -0.125. The van der Waals surface area contributed by atoms with E-state index in [9.17, 15) is 19.2 Å². The van der Waals surface area contributed by atoms with E-state index >= 15 is 0 Å².